The van der Waals surface area contributed by atoms with Crippen LogP contribution >= 0.6 is 23.1 Å². The van der Waals surface area contributed by atoms with Crippen LogP contribution in [0.15, 0.2) is 22.8 Å². The molecule has 0 aliphatic heterocycles. The van der Waals surface area contributed by atoms with E-state index in [-0.39, 0.29) is 0 Å². The molecule has 0 unspecified atom stereocenters. The molecule has 2 rings (SSSR count). The lowest BCUT2D eigenvalue weighted by Gasteiger charge is -2.00. The number of fused-ring (bicyclic) bond motifs is 1. The Morgan fingerprint density at radius 1 is 1.33 bits per heavy atom. The van der Waals surface area contributed by atoms with Crippen molar-refractivity contribution in [2.45, 2.75) is 17.9 Å². The van der Waals surface area contributed by atoms with Crippen molar-refractivity contribution in [3.8, 4) is 0 Å². The van der Waals surface area contributed by atoms with Gasteiger partial charge >= 0.3 is 0 Å². The average molecular weight is 239 g/mol. The van der Waals surface area contributed by atoms with Crippen LogP contribution in [0.4, 0.5) is 0 Å². The van der Waals surface area contributed by atoms with Crippen LogP contribution in [0.25, 0.3) is 10.2 Å². The highest BCUT2D eigenvalue weighted by Gasteiger charge is 2.04. The van der Waals surface area contributed by atoms with Gasteiger partial charge in [-0.1, -0.05) is 0 Å². The molecule has 5 heteroatoms. The maximum atomic E-state index is 5.45. The molecule has 2 aromatic rings. The summed E-state index contributed by atoms with van der Waals surface area (Å²) in [5.74, 6) is 1.08. The fraction of sp³-hybridized carbons (Fsp3) is 0.400. The van der Waals surface area contributed by atoms with Crippen molar-refractivity contribution in [3.05, 3.63) is 17.8 Å². The quantitative estimate of drug-likeness (QED) is 0.495. The Labute approximate surface area is 97.1 Å². The monoisotopic (exact) mass is 239 g/mol. The van der Waals surface area contributed by atoms with E-state index in [9.17, 15) is 0 Å². The summed E-state index contributed by atoms with van der Waals surface area (Å²) in [4.78, 5) is 9.60. The number of hydrogen-bond donors (Lipinski definition) is 1. The lowest BCUT2D eigenvalue weighted by Crippen LogP contribution is -1.98. The van der Waals surface area contributed by atoms with Gasteiger partial charge in [-0.05, 0) is 36.6 Å². The summed E-state index contributed by atoms with van der Waals surface area (Å²) >= 11 is 3.46. The maximum absolute atomic E-state index is 5.45. The zero-order valence-corrected chi connectivity index (χ0v) is 9.98. The second kappa shape index (κ2) is 5.44. The molecular weight excluding hydrogens is 226 g/mol. The Balaban J connectivity index is 2.04. The summed E-state index contributed by atoms with van der Waals surface area (Å²) in [6.45, 7) is 0.776. The second-order valence-electron chi connectivity index (χ2n) is 3.16. The zero-order chi connectivity index (χ0) is 10.5. The third-order valence-electron chi connectivity index (χ3n) is 2.06. The van der Waals surface area contributed by atoms with Gasteiger partial charge in [0.2, 0.25) is 0 Å². The number of rotatable bonds is 5. The Bertz CT molecular complexity index is 427. The molecule has 0 fully saturated rings. The molecule has 0 aliphatic carbocycles. The third kappa shape index (κ3) is 2.68. The number of nitrogens with zero attached hydrogens (tertiary/aromatic N) is 2. The van der Waals surface area contributed by atoms with Gasteiger partial charge in [-0.3, -0.25) is 0 Å². The lowest BCUT2D eigenvalue weighted by molar-refractivity contribution is 0.814. The fourth-order valence-electron chi connectivity index (χ4n) is 1.30. The lowest BCUT2D eigenvalue weighted by atomic mass is 10.3. The Morgan fingerprint density at radius 3 is 3.13 bits per heavy atom. The smallest absolute Gasteiger partial charge is 0.127 e. The summed E-state index contributed by atoms with van der Waals surface area (Å²) in [6.07, 6.45) is 3.88. The van der Waals surface area contributed by atoms with Gasteiger partial charge in [-0.2, -0.15) is 0 Å². The molecule has 0 saturated carbocycles. The summed E-state index contributed by atoms with van der Waals surface area (Å²) < 4.78 is 0. The van der Waals surface area contributed by atoms with Gasteiger partial charge in [0, 0.05) is 5.39 Å². The molecule has 80 valence electrons. The molecule has 0 aliphatic rings. The standard InChI is InChI=1S/C10H13N3S2/c11-4-1-2-5-14-9-8-3-6-15-10(8)13-7-12-9/h3,6-7H,1-2,4-5,11H2. The minimum absolute atomic E-state index is 0.776. The summed E-state index contributed by atoms with van der Waals surface area (Å²) in [5.41, 5.74) is 5.45. The van der Waals surface area contributed by atoms with Gasteiger partial charge < -0.3 is 5.73 Å². The number of unbranched alkanes of at least 4 members (excludes halogenated alkanes) is 1. The molecule has 0 amide bonds. The van der Waals surface area contributed by atoms with Gasteiger partial charge in [0.1, 0.15) is 16.2 Å². The molecule has 3 nitrogen and oxygen atoms in total. The van der Waals surface area contributed by atoms with Crippen molar-refractivity contribution >= 4 is 33.3 Å². The SMILES string of the molecule is NCCCCSc1ncnc2sccc12. The van der Waals surface area contributed by atoms with Gasteiger partial charge in [0.15, 0.2) is 0 Å². The molecule has 2 heterocycles. The molecule has 0 radical (unpaired) electrons. The van der Waals surface area contributed by atoms with Crippen molar-refractivity contribution in [2.24, 2.45) is 5.73 Å². The molecule has 0 bridgehead atoms. The second-order valence-corrected chi connectivity index (χ2v) is 5.14. The van der Waals surface area contributed by atoms with Crippen molar-refractivity contribution in [2.75, 3.05) is 12.3 Å². The zero-order valence-electron chi connectivity index (χ0n) is 8.35. The number of nitrogens with two attached hydrogens (primary N) is 1. The van der Waals surface area contributed by atoms with E-state index in [1.165, 1.54) is 5.39 Å². The molecule has 0 spiro atoms. The highest BCUT2D eigenvalue weighted by molar-refractivity contribution is 7.99. The Hall–Kier alpha value is -0.650. The van der Waals surface area contributed by atoms with Gasteiger partial charge in [-0.25, -0.2) is 9.97 Å². The molecule has 2 N–H and O–H groups in total. The highest BCUT2D eigenvalue weighted by Crippen LogP contribution is 2.27. The predicted octanol–water partition coefficient (Wildman–Crippen LogP) is 2.52. The number of thioether (sulfide) groups is 1. The van der Waals surface area contributed by atoms with Gasteiger partial charge in [0.25, 0.3) is 0 Å². The van der Waals surface area contributed by atoms with E-state index in [4.69, 9.17) is 5.73 Å². The normalized spacial score (nSPS) is 11.0. The average Bonchev–Trinajstić information content (AvgIpc) is 2.73. The molecule has 0 aromatic carbocycles. The first kappa shape index (κ1) is 10.9. The number of hydrogen-bond acceptors (Lipinski definition) is 5. The van der Waals surface area contributed by atoms with Crippen LogP contribution in [0.3, 0.4) is 0 Å². The number of aromatic nitrogens is 2. The van der Waals surface area contributed by atoms with Crippen LogP contribution in [-0.4, -0.2) is 22.3 Å². The first-order valence-corrected chi connectivity index (χ1v) is 6.79. The summed E-state index contributed by atoms with van der Waals surface area (Å²) in [6, 6.07) is 2.09. The van der Waals surface area contributed by atoms with Crippen molar-refractivity contribution in [3.63, 3.8) is 0 Å². The fourth-order valence-corrected chi connectivity index (χ4v) is 3.08. The topological polar surface area (TPSA) is 51.8 Å². The van der Waals surface area contributed by atoms with Crippen molar-refractivity contribution in [1.82, 2.24) is 9.97 Å². The molecule has 15 heavy (non-hydrogen) atoms. The Morgan fingerprint density at radius 2 is 2.27 bits per heavy atom. The van der Waals surface area contributed by atoms with Crippen LogP contribution in [0.2, 0.25) is 0 Å². The van der Waals surface area contributed by atoms with Crippen LogP contribution in [0, 0.1) is 0 Å². The van der Waals surface area contributed by atoms with E-state index in [0.29, 0.717) is 0 Å². The molecule has 2 aromatic heterocycles. The van der Waals surface area contributed by atoms with E-state index >= 15 is 0 Å². The first-order valence-electron chi connectivity index (χ1n) is 4.93. The van der Waals surface area contributed by atoms with Gasteiger partial charge in [-0.15, -0.1) is 23.1 Å². The van der Waals surface area contributed by atoms with Crippen LogP contribution < -0.4 is 5.73 Å². The van der Waals surface area contributed by atoms with E-state index in [2.05, 4.69) is 21.4 Å². The third-order valence-corrected chi connectivity index (χ3v) is 3.97. The van der Waals surface area contributed by atoms with Crippen molar-refractivity contribution in [1.29, 1.82) is 0 Å². The minimum atomic E-state index is 0.776. The molecule has 0 atom stereocenters. The van der Waals surface area contributed by atoms with E-state index < -0.39 is 0 Å². The maximum Gasteiger partial charge on any atom is 0.127 e. The van der Waals surface area contributed by atoms with Gasteiger partial charge in [0.05, 0.1) is 0 Å². The molecule has 0 saturated heterocycles. The minimum Gasteiger partial charge on any atom is -0.330 e. The highest BCUT2D eigenvalue weighted by atomic mass is 32.2. The number of thiophene rings is 1. The predicted molar refractivity (Wildman–Crippen MR) is 66.4 cm³/mol. The van der Waals surface area contributed by atoms with Crippen LogP contribution in [0.1, 0.15) is 12.8 Å². The van der Waals surface area contributed by atoms with E-state index in [1.807, 2.05) is 0 Å². The summed E-state index contributed by atoms with van der Waals surface area (Å²) in [5, 5.41) is 4.34. The van der Waals surface area contributed by atoms with E-state index in [0.717, 1.165) is 35.0 Å². The first-order chi connectivity index (χ1) is 7.42. The van der Waals surface area contributed by atoms with E-state index in [1.54, 1.807) is 29.4 Å². The van der Waals surface area contributed by atoms with Crippen LogP contribution in [0.5, 0.6) is 0 Å². The Kier molecular flexibility index (Phi) is 3.94. The van der Waals surface area contributed by atoms with Crippen molar-refractivity contribution < 1.29 is 0 Å². The van der Waals surface area contributed by atoms with Crippen LogP contribution in [-0.2, 0) is 0 Å². The molecular formula is C10H13N3S2. The summed E-state index contributed by atoms with van der Waals surface area (Å²) in [7, 11) is 0. The largest absolute Gasteiger partial charge is 0.330 e.